The number of hydrogen-bond acceptors (Lipinski definition) is 7. The summed E-state index contributed by atoms with van der Waals surface area (Å²) in [4.78, 5) is 25.6. The van der Waals surface area contributed by atoms with Gasteiger partial charge in [0, 0.05) is 5.56 Å². The number of methoxy groups -OCH3 is 2. The number of ether oxygens (including phenoxy) is 4. The first-order valence-electron chi connectivity index (χ1n) is 9.94. The molecule has 0 bridgehead atoms. The molecule has 1 heterocycles. The van der Waals surface area contributed by atoms with Crippen LogP contribution in [0.1, 0.15) is 25.0 Å². The van der Waals surface area contributed by atoms with Crippen molar-refractivity contribution in [3.63, 3.8) is 0 Å². The molecule has 0 spiro atoms. The summed E-state index contributed by atoms with van der Waals surface area (Å²) in [7, 11) is 3.06. The van der Waals surface area contributed by atoms with E-state index in [1.54, 1.807) is 31.2 Å². The molecule has 3 aromatic rings. The smallest absolute Gasteiger partial charge is 0.347 e. The van der Waals surface area contributed by atoms with E-state index in [4.69, 9.17) is 23.4 Å². The Morgan fingerprint density at radius 1 is 1.06 bits per heavy atom. The highest BCUT2D eigenvalue weighted by atomic mass is 16.6. The molecule has 7 heteroatoms. The molecule has 0 N–H and O–H groups in total. The Balaban J connectivity index is 2.28. The number of hydrogen-bond donors (Lipinski definition) is 0. The van der Waals surface area contributed by atoms with Crippen molar-refractivity contribution in [1.29, 1.82) is 0 Å². The molecule has 0 saturated carbocycles. The molecule has 0 amide bonds. The molecule has 7 nitrogen and oxygen atoms in total. The van der Waals surface area contributed by atoms with Gasteiger partial charge in [0.05, 0.1) is 26.2 Å². The molecular weight excluding hydrogens is 400 g/mol. The maximum Gasteiger partial charge on any atom is 0.347 e. The van der Waals surface area contributed by atoms with Gasteiger partial charge in [-0.1, -0.05) is 6.07 Å². The minimum absolute atomic E-state index is 0.0646. The fourth-order valence-corrected chi connectivity index (χ4v) is 3.39. The molecule has 0 aliphatic carbocycles. The molecule has 0 aliphatic rings. The van der Waals surface area contributed by atoms with Crippen LogP contribution in [0.4, 0.5) is 0 Å². The van der Waals surface area contributed by atoms with E-state index in [-0.39, 0.29) is 23.5 Å². The third kappa shape index (κ3) is 4.35. The molecule has 0 aliphatic heterocycles. The lowest BCUT2D eigenvalue weighted by Gasteiger charge is -2.17. The van der Waals surface area contributed by atoms with Crippen LogP contribution in [-0.2, 0) is 9.53 Å². The van der Waals surface area contributed by atoms with E-state index < -0.39 is 12.1 Å². The fraction of sp³-hybridized carbons (Fsp3) is 0.333. The lowest BCUT2D eigenvalue weighted by atomic mass is 10.0. The van der Waals surface area contributed by atoms with Crippen LogP contribution in [0, 0.1) is 13.8 Å². The Kier molecular flexibility index (Phi) is 6.53. The Morgan fingerprint density at radius 2 is 1.77 bits per heavy atom. The lowest BCUT2D eigenvalue weighted by Crippen LogP contribution is -2.28. The standard InChI is InChI=1S/C24H26O7/c1-7-29-24(26)15(4)30-23-20(25)17-11-13(2)10-14(3)21(17)31-22(23)16-8-9-18(27-5)19(12-16)28-6/h8-12,15H,7H2,1-6H3. The third-order valence-electron chi connectivity index (χ3n) is 4.84. The molecule has 0 saturated heterocycles. The minimum atomic E-state index is -0.995. The summed E-state index contributed by atoms with van der Waals surface area (Å²) in [5.41, 5.74) is 2.37. The summed E-state index contributed by atoms with van der Waals surface area (Å²) in [6.45, 7) is 7.21. The van der Waals surface area contributed by atoms with Crippen molar-refractivity contribution < 1.29 is 28.2 Å². The Labute approximate surface area is 180 Å². The zero-order chi connectivity index (χ0) is 22.7. The highest BCUT2D eigenvalue weighted by molar-refractivity contribution is 5.85. The number of benzene rings is 2. The minimum Gasteiger partial charge on any atom is -0.493 e. The molecule has 164 valence electrons. The molecule has 2 aromatic carbocycles. The Hall–Kier alpha value is -3.48. The van der Waals surface area contributed by atoms with Gasteiger partial charge in [0.15, 0.2) is 23.4 Å². The van der Waals surface area contributed by atoms with Crippen LogP contribution in [0.5, 0.6) is 17.2 Å². The second-order valence-corrected chi connectivity index (χ2v) is 7.13. The van der Waals surface area contributed by atoms with Gasteiger partial charge in [-0.15, -0.1) is 0 Å². The summed E-state index contributed by atoms with van der Waals surface area (Å²) in [5, 5.41) is 0.382. The number of carbonyl (C=O) groups excluding carboxylic acids is 1. The van der Waals surface area contributed by atoms with Crippen molar-refractivity contribution in [2.24, 2.45) is 0 Å². The lowest BCUT2D eigenvalue weighted by molar-refractivity contribution is -0.150. The van der Waals surface area contributed by atoms with E-state index in [1.165, 1.54) is 21.1 Å². The van der Waals surface area contributed by atoms with Crippen molar-refractivity contribution in [3.8, 4) is 28.6 Å². The summed E-state index contributed by atoms with van der Waals surface area (Å²) < 4.78 is 27.7. The topological polar surface area (TPSA) is 84.2 Å². The number of carbonyl (C=O) groups is 1. The second kappa shape index (κ2) is 9.12. The molecule has 31 heavy (non-hydrogen) atoms. The highest BCUT2D eigenvalue weighted by Gasteiger charge is 2.25. The van der Waals surface area contributed by atoms with E-state index in [2.05, 4.69) is 0 Å². The molecule has 3 rings (SSSR count). The van der Waals surface area contributed by atoms with E-state index in [9.17, 15) is 9.59 Å². The van der Waals surface area contributed by atoms with Gasteiger partial charge in [-0.25, -0.2) is 4.79 Å². The van der Waals surface area contributed by atoms with Crippen molar-refractivity contribution in [3.05, 3.63) is 51.7 Å². The molecule has 1 atom stereocenters. The van der Waals surface area contributed by atoms with Crippen molar-refractivity contribution >= 4 is 16.9 Å². The highest BCUT2D eigenvalue weighted by Crippen LogP contribution is 2.37. The number of esters is 1. The predicted molar refractivity (Wildman–Crippen MR) is 117 cm³/mol. The van der Waals surface area contributed by atoms with Gasteiger partial charge in [0.25, 0.3) is 0 Å². The Morgan fingerprint density at radius 3 is 2.42 bits per heavy atom. The van der Waals surface area contributed by atoms with E-state index in [1.807, 2.05) is 19.9 Å². The molecular formula is C24H26O7. The first kappa shape index (κ1) is 22.2. The van der Waals surface area contributed by atoms with E-state index in [0.717, 1.165) is 11.1 Å². The van der Waals surface area contributed by atoms with Gasteiger partial charge >= 0.3 is 5.97 Å². The van der Waals surface area contributed by atoms with Gasteiger partial charge in [0.1, 0.15) is 5.58 Å². The average molecular weight is 426 g/mol. The van der Waals surface area contributed by atoms with Gasteiger partial charge in [-0.05, 0) is 63.1 Å². The van der Waals surface area contributed by atoms with Gasteiger partial charge in [-0.2, -0.15) is 0 Å². The van der Waals surface area contributed by atoms with Gasteiger partial charge in [0.2, 0.25) is 11.2 Å². The zero-order valence-electron chi connectivity index (χ0n) is 18.5. The summed E-state index contributed by atoms with van der Waals surface area (Å²) in [6, 6.07) is 8.81. The zero-order valence-corrected chi connectivity index (χ0v) is 18.5. The van der Waals surface area contributed by atoms with Crippen LogP contribution >= 0.6 is 0 Å². The molecule has 1 aromatic heterocycles. The van der Waals surface area contributed by atoms with Gasteiger partial charge < -0.3 is 23.4 Å². The summed E-state index contributed by atoms with van der Waals surface area (Å²) in [5.74, 6) is 0.559. The SMILES string of the molecule is CCOC(=O)C(C)Oc1c(-c2ccc(OC)c(OC)c2)oc2c(C)cc(C)cc2c1=O. The number of rotatable bonds is 7. The van der Waals surface area contributed by atoms with E-state index in [0.29, 0.717) is 28.0 Å². The van der Waals surface area contributed by atoms with Crippen molar-refractivity contribution in [2.45, 2.75) is 33.8 Å². The quantitative estimate of drug-likeness (QED) is 0.517. The van der Waals surface area contributed by atoms with Crippen LogP contribution in [0.3, 0.4) is 0 Å². The molecule has 1 unspecified atom stereocenters. The summed E-state index contributed by atoms with van der Waals surface area (Å²) >= 11 is 0. The largest absolute Gasteiger partial charge is 0.493 e. The van der Waals surface area contributed by atoms with Crippen LogP contribution in [0.25, 0.3) is 22.3 Å². The van der Waals surface area contributed by atoms with Gasteiger partial charge in [-0.3, -0.25) is 4.79 Å². The maximum atomic E-state index is 13.4. The summed E-state index contributed by atoms with van der Waals surface area (Å²) in [6.07, 6.45) is -0.995. The van der Waals surface area contributed by atoms with Crippen molar-refractivity contribution in [1.82, 2.24) is 0 Å². The van der Waals surface area contributed by atoms with E-state index >= 15 is 0 Å². The number of aryl methyl sites for hydroxylation is 2. The van der Waals surface area contributed by atoms with Crippen LogP contribution < -0.4 is 19.6 Å². The second-order valence-electron chi connectivity index (χ2n) is 7.13. The van der Waals surface area contributed by atoms with Crippen LogP contribution in [0.15, 0.2) is 39.5 Å². The third-order valence-corrected chi connectivity index (χ3v) is 4.84. The van der Waals surface area contributed by atoms with Crippen molar-refractivity contribution in [2.75, 3.05) is 20.8 Å². The molecule has 0 fully saturated rings. The normalized spacial score (nSPS) is 11.8. The van der Waals surface area contributed by atoms with Crippen LogP contribution in [0.2, 0.25) is 0 Å². The molecule has 0 radical (unpaired) electrons. The monoisotopic (exact) mass is 426 g/mol. The maximum absolute atomic E-state index is 13.4. The number of fused-ring (bicyclic) bond motifs is 1. The predicted octanol–water partition coefficient (Wildman–Crippen LogP) is 4.42. The average Bonchev–Trinajstić information content (AvgIpc) is 2.75. The first-order chi connectivity index (χ1) is 14.8. The first-order valence-corrected chi connectivity index (χ1v) is 9.94. The fourth-order valence-electron chi connectivity index (χ4n) is 3.39. The Bertz CT molecular complexity index is 1180. The van der Waals surface area contributed by atoms with Crippen LogP contribution in [-0.4, -0.2) is 32.9 Å².